The van der Waals surface area contributed by atoms with Crippen molar-refractivity contribution in [1.82, 2.24) is 10.2 Å². The molecule has 3 aromatic rings. The number of nitrogens with one attached hydrogen (secondary N) is 1. The van der Waals surface area contributed by atoms with Crippen LogP contribution in [0.25, 0.3) is 0 Å². The number of hydrogen-bond acceptors (Lipinski definition) is 5. The molecule has 1 saturated heterocycles. The molecule has 0 bridgehead atoms. The first-order valence-corrected chi connectivity index (χ1v) is 12.4. The normalized spacial score (nSPS) is 17.8. The van der Waals surface area contributed by atoms with Gasteiger partial charge in [-0.1, -0.05) is 54.1 Å². The topological polar surface area (TPSA) is 71.4 Å². The minimum Gasteiger partial charge on any atom is -0.506 e. The molecule has 2 heterocycles. The number of nitrogens with zero attached hydrogens (tertiary/aromatic N) is 4. The number of benzodiazepines with no additional fused rings is 1. The molecule has 1 unspecified atom stereocenters. The summed E-state index contributed by atoms with van der Waals surface area (Å²) in [6.45, 7) is 4.80. The molecule has 2 aliphatic rings. The molecule has 1 amide bonds. The molecular formula is C28H29N5O2S. The van der Waals surface area contributed by atoms with E-state index < -0.39 is 6.17 Å². The van der Waals surface area contributed by atoms with Gasteiger partial charge in [-0.2, -0.15) is 0 Å². The Morgan fingerprint density at radius 1 is 0.972 bits per heavy atom. The molecule has 0 radical (unpaired) electrons. The van der Waals surface area contributed by atoms with Crippen LogP contribution in [0.15, 0.2) is 77.8 Å². The maximum Gasteiger partial charge on any atom is 0.272 e. The second-order valence-electron chi connectivity index (χ2n) is 9.08. The third-order valence-corrected chi connectivity index (χ3v) is 7.06. The Hall–Kier alpha value is -3.91. The monoisotopic (exact) mass is 499 g/mol. The van der Waals surface area contributed by atoms with Crippen LogP contribution in [-0.4, -0.2) is 66.1 Å². The zero-order valence-electron chi connectivity index (χ0n) is 20.4. The van der Waals surface area contributed by atoms with Gasteiger partial charge in [-0.05, 0) is 43.4 Å². The van der Waals surface area contributed by atoms with Crippen molar-refractivity contribution >= 4 is 40.3 Å². The average molecular weight is 500 g/mol. The number of carbonyl (C=O) groups is 1. The minimum absolute atomic E-state index is 0.166. The molecule has 2 aliphatic heterocycles. The molecule has 36 heavy (non-hydrogen) atoms. The largest absolute Gasteiger partial charge is 0.506 e. The van der Waals surface area contributed by atoms with Gasteiger partial charge in [-0.3, -0.25) is 4.79 Å². The van der Waals surface area contributed by atoms with E-state index in [0.717, 1.165) is 33.8 Å². The van der Waals surface area contributed by atoms with Gasteiger partial charge < -0.3 is 25.1 Å². The number of piperazine rings is 1. The van der Waals surface area contributed by atoms with Crippen molar-refractivity contribution in [3.05, 3.63) is 89.5 Å². The van der Waals surface area contributed by atoms with Crippen LogP contribution in [0.4, 0.5) is 11.4 Å². The van der Waals surface area contributed by atoms with E-state index in [1.807, 2.05) is 67.6 Å². The van der Waals surface area contributed by atoms with Crippen LogP contribution in [0.1, 0.15) is 16.7 Å². The standard InChI is InChI=1S/C28H29N5O2S/c1-19-12-13-22-21(18-19)25(20-8-4-3-5-9-20)29-26(27(35)31(22)2)30-28(36)33-16-14-32(15-17-33)23-10-6-7-11-24(23)34/h3-13,18,26,34H,14-17H2,1-2H3,(H,30,36). The number of aryl methyl sites for hydroxylation is 1. The Morgan fingerprint density at radius 3 is 2.39 bits per heavy atom. The van der Waals surface area contributed by atoms with Crippen molar-refractivity contribution in [2.45, 2.75) is 13.1 Å². The number of aromatic hydroxyl groups is 1. The highest BCUT2D eigenvalue weighted by atomic mass is 32.1. The molecule has 0 aromatic heterocycles. The maximum absolute atomic E-state index is 13.5. The highest BCUT2D eigenvalue weighted by molar-refractivity contribution is 7.80. The summed E-state index contributed by atoms with van der Waals surface area (Å²) in [7, 11) is 1.78. The summed E-state index contributed by atoms with van der Waals surface area (Å²) in [4.78, 5) is 24.3. The van der Waals surface area contributed by atoms with Crippen LogP contribution in [0.3, 0.4) is 0 Å². The third kappa shape index (κ3) is 4.64. The maximum atomic E-state index is 13.5. The fourth-order valence-electron chi connectivity index (χ4n) is 4.70. The van der Waals surface area contributed by atoms with E-state index in [-0.39, 0.29) is 11.7 Å². The number of anilines is 2. The van der Waals surface area contributed by atoms with Crippen LogP contribution >= 0.6 is 12.2 Å². The third-order valence-electron chi connectivity index (χ3n) is 6.69. The summed E-state index contributed by atoms with van der Waals surface area (Å²) in [5, 5.41) is 13.9. The second kappa shape index (κ2) is 9.99. The van der Waals surface area contributed by atoms with Gasteiger partial charge in [0.05, 0.1) is 17.1 Å². The van der Waals surface area contributed by atoms with Gasteiger partial charge in [0.25, 0.3) is 5.91 Å². The van der Waals surface area contributed by atoms with Crippen LogP contribution in [0.5, 0.6) is 5.75 Å². The number of likely N-dealkylation sites (N-methyl/N-ethyl adjacent to an activating group) is 1. The fraction of sp³-hybridized carbons (Fsp3) is 0.250. The summed E-state index contributed by atoms with van der Waals surface area (Å²) in [6, 6.07) is 23.3. The number of fused-ring (bicyclic) bond motifs is 1. The number of phenolic OH excluding ortho intramolecular Hbond substituents is 1. The molecule has 3 aromatic carbocycles. The number of thiocarbonyl (C=S) groups is 1. The summed E-state index contributed by atoms with van der Waals surface area (Å²) >= 11 is 5.74. The highest BCUT2D eigenvalue weighted by Gasteiger charge is 2.32. The van der Waals surface area contributed by atoms with Gasteiger partial charge in [-0.15, -0.1) is 0 Å². The Bertz CT molecular complexity index is 1320. The number of rotatable bonds is 3. The number of phenols is 1. The van der Waals surface area contributed by atoms with Crippen LogP contribution in [0.2, 0.25) is 0 Å². The van der Waals surface area contributed by atoms with Gasteiger partial charge in [0.1, 0.15) is 5.75 Å². The Kier molecular flexibility index (Phi) is 6.61. The minimum atomic E-state index is -0.846. The van der Waals surface area contributed by atoms with E-state index in [2.05, 4.69) is 21.2 Å². The van der Waals surface area contributed by atoms with Gasteiger partial charge in [0.15, 0.2) is 5.11 Å². The molecule has 8 heteroatoms. The van der Waals surface area contributed by atoms with Crippen molar-refractivity contribution in [3.8, 4) is 5.75 Å². The van der Waals surface area contributed by atoms with Crippen LogP contribution in [0, 0.1) is 6.92 Å². The molecule has 0 aliphatic carbocycles. The zero-order valence-corrected chi connectivity index (χ0v) is 21.2. The van der Waals surface area contributed by atoms with Crippen molar-refractivity contribution in [1.29, 1.82) is 0 Å². The SMILES string of the molecule is Cc1ccc2c(c1)C(c1ccccc1)=NC(NC(=S)N1CCN(c3ccccc3O)CC1)C(=O)N2C. The van der Waals surface area contributed by atoms with E-state index in [9.17, 15) is 9.90 Å². The molecule has 7 nitrogen and oxygen atoms in total. The quantitative estimate of drug-likeness (QED) is 0.538. The van der Waals surface area contributed by atoms with Crippen LogP contribution < -0.4 is 15.1 Å². The van der Waals surface area contributed by atoms with Gasteiger partial charge >= 0.3 is 0 Å². The molecule has 0 spiro atoms. The van der Waals surface area contributed by atoms with Crippen molar-refractivity contribution in [2.75, 3.05) is 43.0 Å². The van der Waals surface area contributed by atoms with E-state index in [1.54, 1.807) is 18.0 Å². The molecule has 5 rings (SSSR count). The lowest BCUT2D eigenvalue weighted by atomic mass is 9.98. The predicted octanol–water partition coefficient (Wildman–Crippen LogP) is 3.54. The Labute approximate surface area is 216 Å². The Balaban J connectivity index is 1.38. The average Bonchev–Trinajstić information content (AvgIpc) is 3.00. The number of para-hydroxylation sites is 2. The molecular weight excluding hydrogens is 470 g/mol. The summed E-state index contributed by atoms with van der Waals surface area (Å²) in [5.74, 6) is 0.109. The molecule has 1 atom stereocenters. The summed E-state index contributed by atoms with van der Waals surface area (Å²) < 4.78 is 0. The summed E-state index contributed by atoms with van der Waals surface area (Å²) in [5.41, 5.74) is 5.37. The zero-order chi connectivity index (χ0) is 25.2. The lowest BCUT2D eigenvalue weighted by molar-refractivity contribution is -0.119. The van der Waals surface area contributed by atoms with E-state index in [4.69, 9.17) is 17.2 Å². The number of amides is 1. The number of benzene rings is 3. The van der Waals surface area contributed by atoms with Crippen molar-refractivity contribution < 1.29 is 9.90 Å². The molecule has 2 N–H and O–H groups in total. The summed E-state index contributed by atoms with van der Waals surface area (Å²) in [6.07, 6.45) is -0.846. The van der Waals surface area contributed by atoms with Crippen molar-refractivity contribution in [2.24, 2.45) is 4.99 Å². The van der Waals surface area contributed by atoms with E-state index in [0.29, 0.717) is 31.3 Å². The number of hydrogen-bond donors (Lipinski definition) is 2. The lowest BCUT2D eigenvalue weighted by Gasteiger charge is -2.38. The smallest absolute Gasteiger partial charge is 0.272 e. The highest BCUT2D eigenvalue weighted by Crippen LogP contribution is 2.29. The Morgan fingerprint density at radius 2 is 1.67 bits per heavy atom. The molecule has 1 fully saturated rings. The van der Waals surface area contributed by atoms with Gasteiger partial charge in [0.2, 0.25) is 6.17 Å². The first-order chi connectivity index (χ1) is 17.4. The molecule has 0 saturated carbocycles. The lowest BCUT2D eigenvalue weighted by Crippen LogP contribution is -2.55. The van der Waals surface area contributed by atoms with Crippen molar-refractivity contribution in [3.63, 3.8) is 0 Å². The predicted molar refractivity (Wildman–Crippen MR) is 148 cm³/mol. The first kappa shape index (κ1) is 23.8. The van der Waals surface area contributed by atoms with E-state index in [1.165, 1.54) is 0 Å². The first-order valence-electron chi connectivity index (χ1n) is 12.0. The fourth-order valence-corrected chi connectivity index (χ4v) is 4.99. The van der Waals surface area contributed by atoms with Gasteiger partial charge in [0, 0.05) is 44.4 Å². The number of aliphatic imine (C=N–C) groups is 1. The molecule has 184 valence electrons. The van der Waals surface area contributed by atoms with E-state index >= 15 is 0 Å². The number of carbonyl (C=O) groups excluding carboxylic acids is 1. The van der Waals surface area contributed by atoms with Crippen LogP contribution in [-0.2, 0) is 4.79 Å². The van der Waals surface area contributed by atoms with Gasteiger partial charge in [-0.25, -0.2) is 4.99 Å². The second-order valence-corrected chi connectivity index (χ2v) is 9.46.